The van der Waals surface area contributed by atoms with E-state index in [4.69, 9.17) is 14.2 Å². The minimum atomic E-state index is -1.22. The second-order valence-corrected chi connectivity index (χ2v) is 12.5. The number of carbonyl (C=O) groups is 1. The lowest BCUT2D eigenvalue weighted by Crippen LogP contribution is -2.57. The molecule has 0 radical (unpaired) electrons. The summed E-state index contributed by atoms with van der Waals surface area (Å²) < 4.78 is 21.5. The largest absolute Gasteiger partial charge is 0.496 e. The zero-order valence-corrected chi connectivity index (χ0v) is 24.9. The first-order valence-electron chi connectivity index (χ1n) is 13.4. The van der Waals surface area contributed by atoms with Gasteiger partial charge in [-0.15, -0.1) is 11.3 Å². The third-order valence-corrected chi connectivity index (χ3v) is 10.2. The molecule has 3 heterocycles. The highest BCUT2D eigenvalue weighted by molar-refractivity contribution is 9.11. The summed E-state index contributed by atoms with van der Waals surface area (Å²) in [5.41, 5.74) is -0.566. The molecular formula is C28H34BrN3O6S. The number of aromatic nitrogens is 2. The summed E-state index contributed by atoms with van der Waals surface area (Å²) in [7, 11) is 3.16. The lowest BCUT2D eigenvalue weighted by Gasteiger charge is -2.31. The maximum Gasteiger partial charge on any atom is 0.333 e. The average Bonchev–Trinajstić information content (AvgIpc) is 3.56. The number of thiophene rings is 1. The van der Waals surface area contributed by atoms with E-state index in [-0.39, 0.29) is 18.6 Å². The number of carbonyl (C=O) groups excluding carboxylic acids is 1. The van der Waals surface area contributed by atoms with Crippen LogP contribution in [0.15, 0.2) is 37.6 Å². The van der Waals surface area contributed by atoms with Crippen molar-refractivity contribution < 1.29 is 19.0 Å². The Kier molecular flexibility index (Phi) is 8.32. The molecule has 1 amide bonds. The third-order valence-electron chi connectivity index (χ3n) is 8.02. The van der Waals surface area contributed by atoms with Gasteiger partial charge in [-0.05, 0) is 60.2 Å². The zero-order valence-electron chi connectivity index (χ0n) is 22.5. The molecule has 2 aliphatic rings. The monoisotopic (exact) mass is 619 g/mol. The molecule has 1 aliphatic heterocycles. The molecule has 1 aliphatic carbocycles. The van der Waals surface area contributed by atoms with Crippen molar-refractivity contribution in [3.63, 3.8) is 0 Å². The van der Waals surface area contributed by atoms with Gasteiger partial charge in [-0.3, -0.25) is 14.2 Å². The number of likely N-dealkylation sites (N-methyl/N-ethyl adjacent to an activating group) is 1. The summed E-state index contributed by atoms with van der Waals surface area (Å²) in [4.78, 5) is 42.2. The Balaban J connectivity index is 1.73. The molecule has 0 bridgehead atoms. The summed E-state index contributed by atoms with van der Waals surface area (Å²) in [5.74, 6) is 0.352. The number of nitrogens with zero attached hydrogens (tertiary/aromatic N) is 2. The van der Waals surface area contributed by atoms with E-state index >= 15 is 0 Å². The molecular weight excluding hydrogens is 586 g/mol. The van der Waals surface area contributed by atoms with E-state index in [2.05, 4.69) is 21.2 Å². The molecule has 1 unspecified atom stereocenters. The quantitative estimate of drug-likeness (QED) is 0.404. The van der Waals surface area contributed by atoms with E-state index in [0.717, 1.165) is 40.6 Å². The van der Waals surface area contributed by atoms with E-state index in [1.54, 1.807) is 18.7 Å². The number of benzene rings is 1. The number of nitrogens with one attached hydrogen (secondary N) is 1. The van der Waals surface area contributed by atoms with Crippen molar-refractivity contribution in [3.05, 3.63) is 60.0 Å². The molecule has 1 saturated carbocycles. The summed E-state index contributed by atoms with van der Waals surface area (Å²) in [6.45, 7) is 3.25. The highest BCUT2D eigenvalue weighted by Gasteiger charge is 2.45. The van der Waals surface area contributed by atoms with E-state index in [1.807, 2.05) is 31.2 Å². The van der Waals surface area contributed by atoms with Crippen LogP contribution >= 0.6 is 27.3 Å². The minimum Gasteiger partial charge on any atom is -0.496 e. The van der Waals surface area contributed by atoms with Crippen LogP contribution in [-0.4, -0.2) is 48.5 Å². The molecule has 210 valence electrons. The van der Waals surface area contributed by atoms with Crippen molar-refractivity contribution in [3.8, 4) is 5.75 Å². The molecule has 5 rings (SSSR count). The van der Waals surface area contributed by atoms with Crippen molar-refractivity contribution in [1.82, 2.24) is 14.5 Å². The molecule has 11 heteroatoms. The van der Waals surface area contributed by atoms with E-state index in [0.29, 0.717) is 42.0 Å². The van der Waals surface area contributed by atoms with Crippen molar-refractivity contribution in [2.75, 3.05) is 27.4 Å². The highest BCUT2D eigenvalue weighted by Crippen LogP contribution is 2.38. The maximum atomic E-state index is 14.4. The average molecular weight is 621 g/mol. The highest BCUT2D eigenvalue weighted by atomic mass is 79.9. The van der Waals surface area contributed by atoms with Gasteiger partial charge < -0.3 is 19.5 Å². The Bertz CT molecular complexity index is 1480. The second-order valence-electron chi connectivity index (χ2n) is 10.2. The molecule has 0 spiro atoms. The second kappa shape index (κ2) is 11.6. The minimum absolute atomic E-state index is 0.0467. The number of halogens is 1. The Hall–Kier alpha value is -2.47. The Labute approximate surface area is 239 Å². The molecule has 1 aromatic carbocycles. The van der Waals surface area contributed by atoms with Gasteiger partial charge in [0.05, 0.1) is 28.9 Å². The topological polar surface area (TPSA) is 101 Å². The van der Waals surface area contributed by atoms with Crippen molar-refractivity contribution in [2.24, 2.45) is 0 Å². The fourth-order valence-corrected chi connectivity index (χ4v) is 7.65. The molecule has 3 aromatic rings. The van der Waals surface area contributed by atoms with Crippen molar-refractivity contribution in [1.29, 1.82) is 0 Å². The van der Waals surface area contributed by atoms with Gasteiger partial charge in [0, 0.05) is 25.8 Å². The normalized spacial score (nSPS) is 18.4. The van der Waals surface area contributed by atoms with Gasteiger partial charge in [-0.1, -0.05) is 31.0 Å². The van der Waals surface area contributed by atoms with Crippen LogP contribution < -0.4 is 21.3 Å². The van der Waals surface area contributed by atoms with E-state index in [1.165, 1.54) is 15.9 Å². The lowest BCUT2D eigenvalue weighted by atomic mass is 9.95. The summed E-state index contributed by atoms with van der Waals surface area (Å²) in [5, 5.41) is 3.17. The molecule has 39 heavy (non-hydrogen) atoms. The van der Waals surface area contributed by atoms with Gasteiger partial charge in [-0.25, -0.2) is 9.36 Å². The third kappa shape index (κ3) is 4.98. The number of ether oxygens (including phenoxy) is 3. The fourth-order valence-electron chi connectivity index (χ4n) is 5.96. The first kappa shape index (κ1) is 28.1. The van der Waals surface area contributed by atoms with Crippen LogP contribution in [0, 0.1) is 6.92 Å². The van der Waals surface area contributed by atoms with Gasteiger partial charge in [-0.2, -0.15) is 0 Å². The standard InChI is InChI=1S/C28H34BrN3O6S/c1-17-22-24(33)32(28(26(34)30-2)12-6-7-13-28)27(35)31(25(22)39-23(17)29)16-21(38-18-10-14-37-15-11-18)19-8-4-5-9-20(19)36-3/h4-5,8-9,18,21H,6-7,10-16H2,1-3H3,(H,30,34). The number of para-hydroxylation sites is 1. The summed E-state index contributed by atoms with van der Waals surface area (Å²) in [6, 6.07) is 7.63. The van der Waals surface area contributed by atoms with Crippen LogP contribution in [0.4, 0.5) is 0 Å². The molecule has 1 N–H and O–H groups in total. The first-order chi connectivity index (χ1) is 18.8. The number of fused-ring (bicyclic) bond motifs is 1. The smallest absolute Gasteiger partial charge is 0.333 e. The Morgan fingerprint density at radius 3 is 2.59 bits per heavy atom. The number of hydrogen-bond acceptors (Lipinski definition) is 7. The molecule has 1 atom stereocenters. The van der Waals surface area contributed by atoms with E-state index in [9.17, 15) is 14.4 Å². The van der Waals surface area contributed by atoms with Crippen LogP contribution in [0.3, 0.4) is 0 Å². The van der Waals surface area contributed by atoms with Gasteiger partial charge in [0.15, 0.2) is 0 Å². The maximum absolute atomic E-state index is 14.4. The Morgan fingerprint density at radius 2 is 1.92 bits per heavy atom. The molecule has 1 saturated heterocycles. The van der Waals surface area contributed by atoms with Crippen LogP contribution in [0.25, 0.3) is 10.2 Å². The van der Waals surface area contributed by atoms with Crippen molar-refractivity contribution in [2.45, 2.75) is 69.7 Å². The predicted octanol–water partition coefficient (Wildman–Crippen LogP) is 4.26. The molecule has 2 fully saturated rings. The number of aryl methyl sites for hydroxylation is 1. The van der Waals surface area contributed by atoms with Gasteiger partial charge in [0.2, 0.25) is 5.91 Å². The van der Waals surface area contributed by atoms with E-state index < -0.39 is 22.9 Å². The van der Waals surface area contributed by atoms with Gasteiger partial charge in [0.25, 0.3) is 5.56 Å². The number of amides is 1. The zero-order chi connectivity index (χ0) is 27.7. The predicted molar refractivity (Wildman–Crippen MR) is 154 cm³/mol. The van der Waals surface area contributed by atoms with Crippen LogP contribution in [0.5, 0.6) is 5.75 Å². The Morgan fingerprint density at radius 1 is 1.23 bits per heavy atom. The first-order valence-corrected chi connectivity index (χ1v) is 15.0. The SMILES string of the molecule is CNC(=O)C1(n2c(=O)c3c(C)c(Br)sc3n(CC(OC3CCOCC3)c3ccccc3OC)c2=O)CCCC1. The number of rotatable bonds is 8. The number of hydrogen-bond donors (Lipinski definition) is 1. The molecule has 2 aromatic heterocycles. The van der Waals surface area contributed by atoms with Crippen LogP contribution in [0.2, 0.25) is 0 Å². The van der Waals surface area contributed by atoms with Crippen LogP contribution in [-0.2, 0) is 26.4 Å². The molecule has 9 nitrogen and oxygen atoms in total. The fraction of sp³-hybridized carbons (Fsp3) is 0.536. The van der Waals surface area contributed by atoms with Gasteiger partial charge >= 0.3 is 5.69 Å². The number of methoxy groups -OCH3 is 1. The van der Waals surface area contributed by atoms with Gasteiger partial charge in [0.1, 0.15) is 22.2 Å². The lowest BCUT2D eigenvalue weighted by molar-refractivity contribution is -0.129. The van der Waals surface area contributed by atoms with Crippen molar-refractivity contribution >= 4 is 43.4 Å². The summed E-state index contributed by atoms with van der Waals surface area (Å²) in [6.07, 6.45) is 3.32. The summed E-state index contributed by atoms with van der Waals surface area (Å²) >= 11 is 4.94. The van der Waals surface area contributed by atoms with Crippen LogP contribution in [0.1, 0.15) is 55.8 Å².